The molecule has 2 rings (SSSR count). The van der Waals surface area contributed by atoms with Crippen LogP contribution in [0.15, 0.2) is 24.3 Å². The fourth-order valence-electron chi connectivity index (χ4n) is 2.37. The van der Waals surface area contributed by atoms with Gasteiger partial charge in [0.05, 0.1) is 12.7 Å². The topological polar surface area (TPSA) is 24.5 Å². The quantitative estimate of drug-likeness (QED) is 0.884. The monoisotopic (exact) mass is 266 g/mol. The van der Waals surface area contributed by atoms with Crippen molar-refractivity contribution in [2.45, 2.75) is 26.0 Å². The van der Waals surface area contributed by atoms with Gasteiger partial charge in [0.25, 0.3) is 0 Å². The lowest BCUT2D eigenvalue weighted by atomic mass is 10.1. The minimum Gasteiger partial charge on any atom is -0.374 e. The molecule has 2 atom stereocenters. The average Bonchev–Trinajstić information content (AvgIpc) is 2.46. The molecule has 0 bridgehead atoms. The van der Waals surface area contributed by atoms with Crippen molar-refractivity contribution in [3.63, 3.8) is 0 Å². The van der Waals surface area contributed by atoms with Gasteiger partial charge in [-0.1, -0.05) is 19.1 Å². The summed E-state index contributed by atoms with van der Waals surface area (Å²) in [6.45, 7) is 9.00. The summed E-state index contributed by atoms with van der Waals surface area (Å²) in [6, 6.07) is 6.87. The molecule has 1 heterocycles. The van der Waals surface area contributed by atoms with Gasteiger partial charge in [0.1, 0.15) is 5.82 Å². The van der Waals surface area contributed by atoms with Gasteiger partial charge in [-0.05, 0) is 31.2 Å². The van der Waals surface area contributed by atoms with Crippen LogP contribution < -0.4 is 5.32 Å². The molecular formula is C15H23FN2O. The number of ether oxygens (including phenoxy) is 1. The summed E-state index contributed by atoms with van der Waals surface area (Å²) in [4.78, 5) is 2.40. The summed E-state index contributed by atoms with van der Waals surface area (Å²) in [7, 11) is 0. The zero-order valence-corrected chi connectivity index (χ0v) is 11.7. The van der Waals surface area contributed by atoms with E-state index in [-0.39, 0.29) is 18.0 Å². The molecule has 1 saturated heterocycles. The van der Waals surface area contributed by atoms with E-state index in [9.17, 15) is 4.39 Å². The van der Waals surface area contributed by atoms with E-state index in [1.807, 2.05) is 12.1 Å². The number of hydrogen-bond acceptors (Lipinski definition) is 3. The number of hydrogen-bond donors (Lipinski definition) is 1. The maximum atomic E-state index is 12.9. The van der Waals surface area contributed by atoms with Crippen LogP contribution in [0.2, 0.25) is 0 Å². The molecule has 3 nitrogen and oxygen atoms in total. The van der Waals surface area contributed by atoms with E-state index in [4.69, 9.17) is 4.74 Å². The van der Waals surface area contributed by atoms with Gasteiger partial charge in [0.2, 0.25) is 0 Å². The van der Waals surface area contributed by atoms with Gasteiger partial charge in [-0.15, -0.1) is 0 Å². The predicted octanol–water partition coefficient (Wildman–Crippen LogP) is 2.20. The number of nitrogens with zero attached hydrogens (tertiary/aromatic N) is 1. The fourth-order valence-corrected chi connectivity index (χ4v) is 2.37. The minimum absolute atomic E-state index is 0.190. The molecule has 0 saturated carbocycles. The van der Waals surface area contributed by atoms with Crippen LogP contribution >= 0.6 is 0 Å². The second-order valence-corrected chi connectivity index (χ2v) is 5.07. The predicted molar refractivity (Wildman–Crippen MR) is 74.7 cm³/mol. The second-order valence-electron chi connectivity index (χ2n) is 5.07. The van der Waals surface area contributed by atoms with E-state index in [1.54, 1.807) is 0 Å². The first-order chi connectivity index (χ1) is 9.19. The summed E-state index contributed by atoms with van der Waals surface area (Å²) >= 11 is 0. The second kappa shape index (κ2) is 6.98. The van der Waals surface area contributed by atoms with Crippen molar-refractivity contribution in [3.8, 4) is 0 Å². The van der Waals surface area contributed by atoms with Crippen molar-refractivity contribution in [2.75, 3.05) is 32.8 Å². The van der Waals surface area contributed by atoms with Gasteiger partial charge in [0.15, 0.2) is 0 Å². The van der Waals surface area contributed by atoms with Gasteiger partial charge in [-0.3, -0.25) is 4.90 Å². The zero-order valence-electron chi connectivity index (χ0n) is 11.7. The smallest absolute Gasteiger partial charge is 0.123 e. The Bertz CT molecular complexity index is 382. The van der Waals surface area contributed by atoms with E-state index < -0.39 is 0 Å². The van der Waals surface area contributed by atoms with Crippen molar-refractivity contribution >= 4 is 0 Å². The Hall–Kier alpha value is -0.970. The summed E-state index contributed by atoms with van der Waals surface area (Å²) < 4.78 is 18.6. The van der Waals surface area contributed by atoms with Gasteiger partial charge in [-0.25, -0.2) is 4.39 Å². The SMILES string of the molecule is CCN1CCOC(CN[C@H](C)c2ccc(F)cc2)C1. The maximum absolute atomic E-state index is 12.9. The molecular weight excluding hydrogens is 243 g/mol. The maximum Gasteiger partial charge on any atom is 0.123 e. The molecule has 4 heteroatoms. The number of rotatable bonds is 5. The summed E-state index contributed by atoms with van der Waals surface area (Å²) in [5.41, 5.74) is 1.10. The molecule has 1 N–H and O–H groups in total. The Balaban J connectivity index is 1.79. The molecule has 19 heavy (non-hydrogen) atoms. The molecule has 1 aromatic carbocycles. The lowest BCUT2D eigenvalue weighted by Crippen LogP contribution is -2.46. The van der Waals surface area contributed by atoms with Crippen LogP contribution in [-0.2, 0) is 4.74 Å². The third kappa shape index (κ3) is 4.27. The van der Waals surface area contributed by atoms with E-state index >= 15 is 0 Å². The highest BCUT2D eigenvalue weighted by atomic mass is 19.1. The Labute approximate surface area is 114 Å². The molecule has 1 fully saturated rings. The highest BCUT2D eigenvalue weighted by Crippen LogP contribution is 2.13. The molecule has 0 aromatic heterocycles. The van der Waals surface area contributed by atoms with Crippen LogP contribution in [0.4, 0.5) is 4.39 Å². The molecule has 0 amide bonds. The molecule has 1 aromatic rings. The third-order valence-electron chi connectivity index (χ3n) is 3.69. The number of likely N-dealkylation sites (N-methyl/N-ethyl adjacent to an activating group) is 1. The molecule has 1 aliphatic heterocycles. The Morgan fingerprint density at radius 1 is 1.42 bits per heavy atom. The van der Waals surface area contributed by atoms with E-state index in [0.29, 0.717) is 0 Å². The molecule has 0 spiro atoms. The standard InChI is InChI=1S/C15H23FN2O/c1-3-18-8-9-19-15(11-18)10-17-12(2)13-4-6-14(16)7-5-13/h4-7,12,15,17H,3,8-11H2,1-2H3/t12-,15?/m1/s1. The Morgan fingerprint density at radius 3 is 2.84 bits per heavy atom. The molecule has 1 unspecified atom stereocenters. The van der Waals surface area contributed by atoms with Crippen molar-refractivity contribution < 1.29 is 9.13 Å². The summed E-state index contributed by atoms with van der Waals surface area (Å²) in [5, 5.41) is 3.46. The average molecular weight is 266 g/mol. The third-order valence-corrected chi connectivity index (χ3v) is 3.69. The summed E-state index contributed by atoms with van der Waals surface area (Å²) in [6.07, 6.45) is 0.247. The minimum atomic E-state index is -0.190. The zero-order chi connectivity index (χ0) is 13.7. The Kier molecular flexibility index (Phi) is 5.31. The van der Waals surface area contributed by atoms with Crippen molar-refractivity contribution in [1.29, 1.82) is 0 Å². The van der Waals surface area contributed by atoms with Crippen LogP contribution in [0.1, 0.15) is 25.5 Å². The lowest BCUT2D eigenvalue weighted by Gasteiger charge is -2.32. The van der Waals surface area contributed by atoms with Crippen LogP contribution in [0.25, 0.3) is 0 Å². The first kappa shape index (κ1) is 14.4. The first-order valence-corrected chi connectivity index (χ1v) is 7.02. The number of benzene rings is 1. The fraction of sp³-hybridized carbons (Fsp3) is 0.600. The van der Waals surface area contributed by atoms with E-state index in [2.05, 4.69) is 24.1 Å². The number of morpholine rings is 1. The van der Waals surface area contributed by atoms with E-state index in [0.717, 1.165) is 38.3 Å². The van der Waals surface area contributed by atoms with Crippen LogP contribution in [0.5, 0.6) is 0 Å². The molecule has 106 valence electrons. The lowest BCUT2D eigenvalue weighted by molar-refractivity contribution is -0.0262. The molecule has 0 aliphatic carbocycles. The van der Waals surface area contributed by atoms with Crippen LogP contribution in [0, 0.1) is 5.82 Å². The van der Waals surface area contributed by atoms with Gasteiger partial charge in [-0.2, -0.15) is 0 Å². The van der Waals surface area contributed by atoms with Gasteiger partial charge >= 0.3 is 0 Å². The molecule has 1 aliphatic rings. The first-order valence-electron chi connectivity index (χ1n) is 7.02. The Morgan fingerprint density at radius 2 is 2.16 bits per heavy atom. The van der Waals surface area contributed by atoms with E-state index in [1.165, 1.54) is 12.1 Å². The van der Waals surface area contributed by atoms with Crippen LogP contribution in [-0.4, -0.2) is 43.8 Å². The molecule has 0 radical (unpaired) electrons. The van der Waals surface area contributed by atoms with Crippen molar-refractivity contribution in [1.82, 2.24) is 10.2 Å². The van der Waals surface area contributed by atoms with Gasteiger partial charge < -0.3 is 10.1 Å². The number of halogens is 1. The van der Waals surface area contributed by atoms with Crippen LogP contribution in [0.3, 0.4) is 0 Å². The van der Waals surface area contributed by atoms with Gasteiger partial charge in [0, 0.05) is 25.7 Å². The highest BCUT2D eigenvalue weighted by Gasteiger charge is 2.19. The van der Waals surface area contributed by atoms with Crippen molar-refractivity contribution in [3.05, 3.63) is 35.6 Å². The highest BCUT2D eigenvalue weighted by molar-refractivity contribution is 5.19. The number of nitrogens with one attached hydrogen (secondary N) is 1. The van der Waals surface area contributed by atoms with Crippen molar-refractivity contribution in [2.24, 2.45) is 0 Å². The largest absolute Gasteiger partial charge is 0.374 e. The normalized spacial score (nSPS) is 22.4. The summed E-state index contributed by atoms with van der Waals surface area (Å²) in [5.74, 6) is -0.190.